The molecular formula is C43H54N12O2S. The van der Waals surface area contributed by atoms with E-state index in [4.69, 9.17) is 0 Å². The smallest absolute Gasteiger partial charge is 0.150 e. The van der Waals surface area contributed by atoms with E-state index in [0.717, 1.165) is 79.4 Å². The number of rotatable bonds is 7. The number of nitrogens with zero attached hydrogens (tertiary/aromatic N) is 12. The number of aryl methyl sites for hydroxylation is 2. The Morgan fingerprint density at radius 3 is 1.38 bits per heavy atom. The molecular weight excluding hydrogens is 749 g/mol. The molecule has 0 amide bonds. The van der Waals surface area contributed by atoms with E-state index in [9.17, 15) is 8.42 Å². The van der Waals surface area contributed by atoms with Crippen LogP contribution in [0.5, 0.6) is 0 Å². The van der Waals surface area contributed by atoms with Gasteiger partial charge in [0.15, 0.2) is 0 Å². The topological polar surface area (TPSA) is 117 Å². The molecule has 4 unspecified atom stereocenters. The summed E-state index contributed by atoms with van der Waals surface area (Å²) in [6.07, 6.45) is 28.3. The Bertz CT molecular complexity index is 2550. The van der Waals surface area contributed by atoms with Crippen LogP contribution < -0.4 is 9.80 Å². The van der Waals surface area contributed by atoms with E-state index in [1.165, 1.54) is 73.7 Å². The number of hydrogen-bond donors (Lipinski definition) is 0. The highest BCUT2D eigenvalue weighted by molar-refractivity contribution is 7.91. The van der Waals surface area contributed by atoms with E-state index in [-0.39, 0.29) is 5.25 Å². The first kappa shape index (κ1) is 36.4. The normalized spacial score (nSPS) is 27.6. The number of sulfone groups is 1. The molecule has 0 radical (unpaired) electrons. The average molecular weight is 803 g/mol. The Labute approximate surface area is 339 Å². The fourth-order valence-electron chi connectivity index (χ4n) is 11.3. The van der Waals surface area contributed by atoms with Gasteiger partial charge < -0.3 is 9.80 Å². The lowest BCUT2D eigenvalue weighted by molar-refractivity contribution is 0.0627. The van der Waals surface area contributed by atoms with Gasteiger partial charge in [-0.2, -0.15) is 20.4 Å². The zero-order valence-electron chi connectivity index (χ0n) is 33.8. The monoisotopic (exact) mass is 802 g/mol. The van der Waals surface area contributed by atoms with E-state index in [0.29, 0.717) is 18.1 Å². The maximum Gasteiger partial charge on any atom is 0.150 e. The number of aromatic nitrogens is 8. The van der Waals surface area contributed by atoms with Crippen molar-refractivity contribution in [3.05, 3.63) is 73.8 Å². The van der Waals surface area contributed by atoms with Crippen molar-refractivity contribution in [3.63, 3.8) is 0 Å². The summed E-state index contributed by atoms with van der Waals surface area (Å²) in [5.74, 6) is 0. The first-order valence-electron chi connectivity index (χ1n) is 21.3. The fraction of sp³-hybridized carbons (Fsp3) is 0.535. The van der Waals surface area contributed by atoms with E-state index < -0.39 is 9.84 Å². The van der Waals surface area contributed by atoms with Gasteiger partial charge in [-0.1, -0.05) is 6.42 Å². The van der Waals surface area contributed by atoms with Gasteiger partial charge in [-0.15, -0.1) is 0 Å². The van der Waals surface area contributed by atoms with Crippen molar-refractivity contribution in [2.75, 3.05) is 42.2 Å². The zero-order chi connectivity index (χ0) is 39.3. The summed E-state index contributed by atoms with van der Waals surface area (Å²) < 4.78 is 31.4. The van der Waals surface area contributed by atoms with Gasteiger partial charge in [-0.05, 0) is 75.6 Å². The molecule has 6 aliphatic rings. The van der Waals surface area contributed by atoms with Crippen LogP contribution in [0.4, 0.5) is 11.4 Å². The van der Waals surface area contributed by atoms with Crippen LogP contribution in [-0.2, 0) is 23.9 Å². The molecule has 12 rings (SSSR count). The van der Waals surface area contributed by atoms with Crippen molar-refractivity contribution in [1.29, 1.82) is 0 Å². The molecule has 4 aliphatic heterocycles. The quantitative estimate of drug-likeness (QED) is 0.221. The Balaban J connectivity index is 0.000000134. The van der Waals surface area contributed by atoms with Crippen molar-refractivity contribution in [2.45, 2.75) is 99.3 Å². The number of anilines is 2. The first-order chi connectivity index (χ1) is 28.1. The summed E-state index contributed by atoms with van der Waals surface area (Å²) in [5.41, 5.74) is 9.41. The predicted molar refractivity (Wildman–Crippen MR) is 226 cm³/mol. The molecule has 6 aromatic rings. The van der Waals surface area contributed by atoms with Gasteiger partial charge in [0.05, 0.1) is 40.1 Å². The zero-order valence-corrected chi connectivity index (χ0v) is 34.6. The second kappa shape index (κ2) is 13.9. The number of fused-ring (bicyclic) bond motifs is 6. The molecule has 6 fully saturated rings. The summed E-state index contributed by atoms with van der Waals surface area (Å²) in [6, 6.07) is 12.6. The van der Waals surface area contributed by atoms with Crippen molar-refractivity contribution < 1.29 is 8.42 Å². The van der Waals surface area contributed by atoms with Crippen LogP contribution in [0.1, 0.15) is 57.8 Å². The van der Waals surface area contributed by atoms with E-state index >= 15 is 0 Å². The van der Waals surface area contributed by atoms with Crippen LogP contribution in [0.3, 0.4) is 0 Å². The summed E-state index contributed by atoms with van der Waals surface area (Å²) >= 11 is 0. The van der Waals surface area contributed by atoms with Crippen molar-refractivity contribution in [3.8, 4) is 22.3 Å². The average Bonchev–Trinajstić information content (AvgIpc) is 4.02. The summed E-state index contributed by atoms with van der Waals surface area (Å²) in [5, 5.41) is 17.6. The maximum absolute atomic E-state index is 11.8. The minimum absolute atomic E-state index is 0.138. The van der Waals surface area contributed by atoms with Crippen molar-refractivity contribution >= 4 is 32.2 Å². The summed E-state index contributed by atoms with van der Waals surface area (Å²) in [6.45, 7) is 4.29. The highest BCUT2D eigenvalue weighted by Crippen LogP contribution is 2.43. The number of piperazine rings is 2. The van der Waals surface area contributed by atoms with Gasteiger partial charge in [-0.3, -0.25) is 19.2 Å². The third-order valence-electron chi connectivity index (χ3n) is 14.4. The van der Waals surface area contributed by atoms with Gasteiger partial charge in [0, 0.05) is 142 Å². The molecule has 4 atom stereocenters. The van der Waals surface area contributed by atoms with Crippen LogP contribution in [0.25, 0.3) is 33.3 Å². The summed E-state index contributed by atoms with van der Waals surface area (Å²) in [7, 11) is 0.986. The molecule has 2 aliphatic carbocycles. The molecule has 58 heavy (non-hydrogen) atoms. The third kappa shape index (κ3) is 6.31. The summed E-state index contributed by atoms with van der Waals surface area (Å²) in [4.78, 5) is 10.6. The van der Waals surface area contributed by atoms with Gasteiger partial charge >= 0.3 is 0 Å². The molecule has 6 aromatic heterocycles. The Morgan fingerprint density at radius 2 is 1.00 bits per heavy atom. The molecule has 0 aromatic carbocycles. The van der Waals surface area contributed by atoms with Crippen LogP contribution in [0.2, 0.25) is 0 Å². The molecule has 15 heteroatoms. The standard InChI is InChI=1S/C22H28N6O2S.C21H26N6/c1-25-11-16(10-24-25)15-7-22-21(5-6-23-27(22)12-15)26-13-17-3-4-18(14-26)28(17)19-8-20(9-19)31(2,29)30;1-24-11-16(10-23-24)15-9-21-20(7-8-22-26(21)12-15)25-13-18-5-6-19(14-25)27(18)17-3-2-4-17/h5-7,10-12,17-20H,3-4,8-9,13-14H2,1-2H3;7-12,17-19H,2-6,13-14H2,1H3. The largest absolute Gasteiger partial charge is 0.367 e. The molecule has 2 saturated carbocycles. The highest BCUT2D eigenvalue weighted by Gasteiger charge is 2.49. The second-order valence-electron chi connectivity index (χ2n) is 18.0. The predicted octanol–water partition coefficient (Wildman–Crippen LogP) is 4.90. The van der Waals surface area contributed by atoms with Crippen LogP contribution in [0.15, 0.2) is 73.8 Å². The second-order valence-corrected chi connectivity index (χ2v) is 20.3. The molecule has 0 N–H and O–H groups in total. The Kier molecular flexibility index (Phi) is 8.74. The van der Waals surface area contributed by atoms with Crippen LogP contribution in [-0.4, -0.2) is 131 Å². The lowest BCUT2D eigenvalue weighted by Gasteiger charge is -2.50. The van der Waals surface area contributed by atoms with E-state index in [1.807, 2.05) is 63.5 Å². The Morgan fingerprint density at radius 1 is 0.552 bits per heavy atom. The van der Waals surface area contributed by atoms with Crippen LogP contribution in [0, 0.1) is 0 Å². The van der Waals surface area contributed by atoms with Crippen molar-refractivity contribution in [2.24, 2.45) is 14.1 Å². The highest BCUT2D eigenvalue weighted by atomic mass is 32.2. The molecule has 10 heterocycles. The number of hydrogen-bond acceptors (Lipinski definition) is 10. The molecule has 14 nitrogen and oxygen atoms in total. The van der Waals surface area contributed by atoms with Crippen molar-refractivity contribution in [1.82, 2.24) is 48.6 Å². The van der Waals surface area contributed by atoms with Gasteiger partial charge in [0.25, 0.3) is 0 Å². The van der Waals surface area contributed by atoms with Gasteiger partial charge in [0.1, 0.15) is 9.84 Å². The van der Waals surface area contributed by atoms with E-state index in [1.54, 1.807) is 0 Å². The minimum atomic E-state index is -2.90. The van der Waals surface area contributed by atoms with E-state index in [2.05, 4.69) is 82.9 Å². The van der Waals surface area contributed by atoms with Crippen LogP contribution >= 0.6 is 0 Å². The van der Waals surface area contributed by atoms with Gasteiger partial charge in [-0.25, -0.2) is 17.4 Å². The lowest BCUT2D eigenvalue weighted by Crippen LogP contribution is -2.61. The fourth-order valence-corrected chi connectivity index (χ4v) is 12.4. The lowest BCUT2D eigenvalue weighted by atomic mass is 9.88. The first-order valence-corrected chi connectivity index (χ1v) is 23.2. The molecule has 0 spiro atoms. The maximum atomic E-state index is 11.8. The molecule has 304 valence electrons. The third-order valence-corrected chi connectivity index (χ3v) is 16.0. The molecule has 4 bridgehead atoms. The minimum Gasteiger partial charge on any atom is -0.367 e. The van der Waals surface area contributed by atoms with Gasteiger partial charge in [0.2, 0.25) is 0 Å². The SMILES string of the molecule is Cn1cc(-c2cc3c(N4CC5CCC(C4)N5C4CC(S(C)(=O)=O)C4)ccnn3c2)cn1.Cn1cc(-c2cc3c(N4CC5CCC(C4)N5C4CCC4)ccnn3c2)cn1. The Hall–Kier alpha value is -4.73. The molecule has 4 saturated heterocycles.